The van der Waals surface area contributed by atoms with Gasteiger partial charge in [0, 0.05) is 28.7 Å². The number of amides is 1. The maximum Gasteiger partial charge on any atom is 0.255 e. The molecule has 0 unspecified atom stereocenters. The summed E-state index contributed by atoms with van der Waals surface area (Å²) in [5.41, 5.74) is 0.494. The number of ether oxygens (including phenoxy) is 1. The summed E-state index contributed by atoms with van der Waals surface area (Å²) in [6.07, 6.45) is 0. The van der Waals surface area contributed by atoms with Crippen LogP contribution < -0.4 is 10.1 Å². The molecular weight excluding hydrogens is 423 g/mol. The molecule has 28 heavy (non-hydrogen) atoms. The van der Waals surface area contributed by atoms with Crippen LogP contribution in [0.25, 0.3) is 0 Å². The number of hydrogen-bond acceptors (Lipinski definition) is 4. The molecule has 0 fully saturated rings. The van der Waals surface area contributed by atoms with E-state index < -0.39 is 15.9 Å². The van der Waals surface area contributed by atoms with Crippen molar-refractivity contribution in [1.29, 1.82) is 0 Å². The van der Waals surface area contributed by atoms with Crippen LogP contribution in [0.5, 0.6) is 5.75 Å². The number of carbonyl (C=O) groups excluding carboxylic acids is 1. The number of sulfonamides is 1. The summed E-state index contributed by atoms with van der Waals surface area (Å²) in [5, 5.41) is 3.33. The van der Waals surface area contributed by atoms with Crippen molar-refractivity contribution in [2.24, 2.45) is 0 Å². The van der Waals surface area contributed by atoms with E-state index in [1.807, 2.05) is 0 Å². The van der Waals surface area contributed by atoms with Crippen LogP contribution in [0, 0.1) is 0 Å². The molecule has 1 amide bonds. The molecule has 1 N–H and O–H groups in total. The third kappa shape index (κ3) is 5.17. The Bertz CT molecular complexity index is 940. The van der Waals surface area contributed by atoms with Gasteiger partial charge in [-0.1, -0.05) is 37.0 Å². The van der Waals surface area contributed by atoms with Crippen molar-refractivity contribution in [3.8, 4) is 5.75 Å². The standard InChI is InChI=1S/C19H22Cl2N2O4S/c1-4-23(5-2)28(25,26)16-7-8-18(27-6-3)17(12-16)22-19(24)13-9-14(20)11-15(21)10-13/h7-12H,4-6H2,1-3H3,(H,22,24). The number of nitrogens with one attached hydrogen (secondary N) is 1. The number of nitrogens with zero attached hydrogens (tertiary/aromatic N) is 1. The summed E-state index contributed by atoms with van der Waals surface area (Å²) in [6, 6.07) is 8.84. The van der Waals surface area contributed by atoms with Gasteiger partial charge >= 0.3 is 0 Å². The molecule has 0 bridgehead atoms. The summed E-state index contributed by atoms with van der Waals surface area (Å²) >= 11 is 11.9. The maximum absolute atomic E-state index is 12.8. The lowest BCUT2D eigenvalue weighted by Crippen LogP contribution is -2.30. The van der Waals surface area contributed by atoms with Crippen LogP contribution in [0.3, 0.4) is 0 Å². The fourth-order valence-corrected chi connectivity index (χ4v) is 4.65. The molecule has 2 aromatic carbocycles. The minimum absolute atomic E-state index is 0.0686. The molecule has 0 saturated carbocycles. The highest BCUT2D eigenvalue weighted by Crippen LogP contribution is 2.30. The van der Waals surface area contributed by atoms with Gasteiger partial charge in [-0.2, -0.15) is 4.31 Å². The van der Waals surface area contributed by atoms with Crippen LogP contribution in [-0.4, -0.2) is 38.3 Å². The van der Waals surface area contributed by atoms with Crippen LogP contribution in [0.1, 0.15) is 31.1 Å². The molecule has 6 nitrogen and oxygen atoms in total. The Labute approximate surface area is 175 Å². The molecule has 0 heterocycles. The van der Waals surface area contributed by atoms with E-state index in [0.717, 1.165) is 0 Å². The molecule has 0 aliphatic heterocycles. The minimum Gasteiger partial charge on any atom is -0.492 e. The van der Waals surface area contributed by atoms with E-state index in [1.54, 1.807) is 20.8 Å². The van der Waals surface area contributed by atoms with Crippen molar-refractivity contribution in [2.45, 2.75) is 25.7 Å². The van der Waals surface area contributed by atoms with Crippen molar-refractivity contribution in [1.82, 2.24) is 4.31 Å². The lowest BCUT2D eigenvalue weighted by atomic mass is 10.2. The summed E-state index contributed by atoms with van der Waals surface area (Å²) in [4.78, 5) is 12.7. The Balaban J connectivity index is 2.45. The van der Waals surface area contributed by atoms with E-state index in [0.29, 0.717) is 35.5 Å². The predicted molar refractivity (Wildman–Crippen MR) is 112 cm³/mol. The number of hydrogen-bond donors (Lipinski definition) is 1. The Morgan fingerprint density at radius 2 is 1.64 bits per heavy atom. The van der Waals surface area contributed by atoms with Gasteiger partial charge in [0.15, 0.2) is 0 Å². The number of carbonyl (C=O) groups is 1. The fraction of sp³-hybridized carbons (Fsp3) is 0.316. The zero-order valence-electron chi connectivity index (χ0n) is 15.8. The summed E-state index contributed by atoms with van der Waals surface area (Å²) in [6.45, 7) is 6.36. The first-order valence-corrected chi connectivity index (χ1v) is 11.0. The molecule has 0 saturated heterocycles. The van der Waals surface area contributed by atoms with Crippen molar-refractivity contribution in [3.05, 3.63) is 52.0 Å². The average molecular weight is 445 g/mol. The van der Waals surface area contributed by atoms with Gasteiger partial charge in [-0.05, 0) is 43.3 Å². The second kappa shape index (κ2) is 9.60. The largest absolute Gasteiger partial charge is 0.492 e. The minimum atomic E-state index is -3.69. The number of rotatable bonds is 8. The van der Waals surface area contributed by atoms with E-state index in [2.05, 4.69) is 5.32 Å². The molecule has 0 aromatic heterocycles. The fourth-order valence-electron chi connectivity index (χ4n) is 2.64. The lowest BCUT2D eigenvalue weighted by molar-refractivity contribution is 0.102. The first-order valence-electron chi connectivity index (χ1n) is 8.77. The molecule has 0 radical (unpaired) electrons. The third-order valence-corrected chi connectivity index (χ3v) is 6.45. The molecule has 0 atom stereocenters. The average Bonchev–Trinajstić information content (AvgIpc) is 2.63. The maximum atomic E-state index is 12.8. The summed E-state index contributed by atoms with van der Waals surface area (Å²) < 4.78 is 32.5. The first-order chi connectivity index (χ1) is 13.2. The van der Waals surface area contributed by atoms with Crippen LogP contribution in [0.15, 0.2) is 41.3 Å². The van der Waals surface area contributed by atoms with Gasteiger partial charge in [0.05, 0.1) is 17.2 Å². The molecule has 0 aliphatic carbocycles. The predicted octanol–water partition coefficient (Wildman–Crippen LogP) is 4.67. The van der Waals surface area contributed by atoms with Crippen LogP contribution >= 0.6 is 23.2 Å². The highest BCUT2D eigenvalue weighted by Gasteiger charge is 2.23. The highest BCUT2D eigenvalue weighted by molar-refractivity contribution is 7.89. The second-order valence-electron chi connectivity index (χ2n) is 5.79. The van der Waals surface area contributed by atoms with Gasteiger partial charge in [0.25, 0.3) is 5.91 Å². The van der Waals surface area contributed by atoms with Gasteiger partial charge in [-0.25, -0.2) is 8.42 Å². The zero-order valence-corrected chi connectivity index (χ0v) is 18.2. The van der Waals surface area contributed by atoms with Gasteiger partial charge in [-0.15, -0.1) is 0 Å². The Morgan fingerprint density at radius 1 is 1.04 bits per heavy atom. The lowest BCUT2D eigenvalue weighted by Gasteiger charge is -2.20. The van der Waals surface area contributed by atoms with Crippen LogP contribution in [-0.2, 0) is 10.0 Å². The van der Waals surface area contributed by atoms with E-state index in [4.69, 9.17) is 27.9 Å². The van der Waals surface area contributed by atoms with Crippen molar-refractivity contribution >= 4 is 44.8 Å². The number of halogens is 2. The molecule has 2 rings (SSSR count). The van der Waals surface area contributed by atoms with Crippen molar-refractivity contribution < 1.29 is 17.9 Å². The van der Waals surface area contributed by atoms with Crippen LogP contribution in [0.2, 0.25) is 10.0 Å². The van der Waals surface area contributed by atoms with E-state index in [-0.39, 0.29) is 16.1 Å². The monoisotopic (exact) mass is 444 g/mol. The van der Waals surface area contributed by atoms with Gasteiger partial charge < -0.3 is 10.1 Å². The SMILES string of the molecule is CCOc1ccc(S(=O)(=O)N(CC)CC)cc1NC(=O)c1cc(Cl)cc(Cl)c1. The zero-order chi connectivity index (χ0) is 20.9. The van der Waals surface area contributed by atoms with Gasteiger partial charge in [0.2, 0.25) is 10.0 Å². The molecule has 0 spiro atoms. The molecule has 2 aromatic rings. The Hall–Kier alpha value is -1.80. The molecule has 0 aliphatic rings. The van der Waals surface area contributed by atoms with Crippen molar-refractivity contribution in [2.75, 3.05) is 25.0 Å². The van der Waals surface area contributed by atoms with E-state index >= 15 is 0 Å². The van der Waals surface area contributed by atoms with Gasteiger partial charge in [0.1, 0.15) is 5.75 Å². The highest BCUT2D eigenvalue weighted by atomic mass is 35.5. The van der Waals surface area contributed by atoms with Gasteiger partial charge in [-0.3, -0.25) is 4.79 Å². The van der Waals surface area contributed by atoms with Crippen molar-refractivity contribution in [3.63, 3.8) is 0 Å². The number of anilines is 1. The Kier molecular flexibility index (Phi) is 7.71. The summed E-state index contributed by atoms with van der Waals surface area (Å²) in [5.74, 6) is -0.120. The summed E-state index contributed by atoms with van der Waals surface area (Å²) in [7, 11) is -3.69. The molecule has 152 valence electrons. The van der Waals surface area contributed by atoms with E-state index in [9.17, 15) is 13.2 Å². The first kappa shape index (κ1) is 22.5. The quantitative estimate of drug-likeness (QED) is 0.641. The molecule has 9 heteroatoms. The van der Waals surface area contributed by atoms with E-state index in [1.165, 1.54) is 40.7 Å². The Morgan fingerprint density at radius 3 is 2.18 bits per heavy atom. The van der Waals surface area contributed by atoms with Crippen LogP contribution in [0.4, 0.5) is 5.69 Å². The third-order valence-electron chi connectivity index (χ3n) is 3.97. The second-order valence-corrected chi connectivity index (χ2v) is 8.60. The normalized spacial score (nSPS) is 11.5. The molecular formula is C19H22Cl2N2O4S. The topological polar surface area (TPSA) is 75.7 Å². The number of benzene rings is 2. The smallest absolute Gasteiger partial charge is 0.255 e.